The minimum atomic E-state index is 0.749. The summed E-state index contributed by atoms with van der Waals surface area (Å²) in [6.07, 6.45) is 7.86. The molecule has 1 aliphatic heterocycles. The molecule has 0 radical (unpaired) electrons. The molecule has 6 heteroatoms. The fourth-order valence-electron chi connectivity index (χ4n) is 3.71. The van der Waals surface area contributed by atoms with Crippen LogP contribution in [-0.4, -0.2) is 39.7 Å². The van der Waals surface area contributed by atoms with Gasteiger partial charge in [0, 0.05) is 33.3 Å². The molecule has 1 saturated heterocycles. The Bertz CT molecular complexity index is 931. The first-order valence-corrected chi connectivity index (χ1v) is 9.31. The van der Waals surface area contributed by atoms with Crippen LogP contribution in [0.25, 0.3) is 11.0 Å². The summed E-state index contributed by atoms with van der Waals surface area (Å²) < 4.78 is 2.02. The lowest BCUT2D eigenvalue weighted by Crippen LogP contribution is -2.21. The molecule has 0 aliphatic carbocycles. The maximum absolute atomic E-state index is 4.76. The minimum Gasteiger partial charge on any atom is -0.356 e. The van der Waals surface area contributed by atoms with E-state index in [4.69, 9.17) is 4.98 Å². The van der Waals surface area contributed by atoms with Crippen molar-refractivity contribution >= 4 is 28.4 Å². The predicted molar refractivity (Wildman–Crippen MR) is 106 cm³/mol. The molecule has 1 atom stereocenters. The van der Waals surface area contributed by atoms with E-state index in [0.29, 0.717) is 0 Å². The summed E-state index contributed by atoms with van der Waals surface area (Å²) in [6.45, 7) is 6.71. The summed E-state index contributed by atoms with van der Waals surface area (Å²) in [6, 6.07) is 4.32. The Morgan fingerprint density at radius 3 is 2.77 bits per heavy atom. The molecule has 0 aromatic carbocycles. The van der Waals surface area contributed by atoms with E-state index in [1.165, 1.54) is 12.0 Å². The highest BCUT2D eigenvalue weighted by Crippen LogP contribution is 2.31. The van der Waals surface area contributed by atoms with Crippen LogP contribution in [0.4, 0.5) is 17.3 Å². The number of fused-ring (bicyclic) bond motifs is 1. The Kier molecular flexibility index (Phi) is 4.26. The second-order valence-corrected chi connectivity index (χ2v) is 7.31. The molecule has 26 heavy (non-hydrogen) atoms. The van der Waals surface area contributed by atoms with Gasteiger partial charge in [-0.15, -0.1) is 0 Å². The summed E-state index contributed by atoms with van der Waals surface area (Å²) in [5.41, 5.74) is 4.40. The quantitative estimate of drug-likeness (QED) is 0.720. The Morgan fingerprint density at radius 1 is 1.19 bits per heavy atom. The van der Waals surface area contributed by atoms with Crippen molar-refractivity contribution in [3.05, 3.63) is 36.4 Å². The first-order chi connectivity index (χ1) is 12.6. The molecule has 1 aliphatic rings. The van der Waals surface area contributed by atoms with Gasteiger partial charge in [-0.2, -0.15) is 0 Å². The number of aromatic nitrogens is 4. The highest BCUT2D eigenvalue weighted by Gasteiger charge is 2.21. The first kappa shape index (κ1) is 16.8. The summed E-state index contributed by atoms with van der Waals surface area (Å²) in [5.74, 6) is 2.75. The molecule has 4 heterocycles. The summed E-state index contributed by atoms with van der Waals surface area (Å²) in [5, 5.41) is 0. The topological polar surface area (TPSA) is 50.1 Å². The molecule has 4 rings (SSSR count). The lowest BCUT2D eigenvalue weighted by Gasteiger charge is -2.24. The Hall–Kier alpha value is -2.63. The van der Waals surface area contributed by atoms with E-state index in [2.05, 4.69) is 52.8 Å². The average Bonchev–Trinajstić information content (AvgIpc) is 3.26. The molecule has 0 unspecified atom stereocenters. The minimum absolute atomic E-state index is 0.749. The molecule has 0 amide bonds. The van der Waals surface area contributed by atoms with Crippen LogP contribution in [0.1, 0.15) is 25.8 Å². The molecular formula is C20H26N6. The molecule has 136 valence electrons. The van der Waals surface area contributed by atoms with Crippen LogP contribution >= 0.6 is 0 Å². The van der Waals surface area contributed by atoms with Gasteiger partial charge in [-0.1, -0.05) is 13.8 Å². The number of imidazole rings is 1. The second kappa shape index (κ2) is 6.59. The zero-order valence-electron chi connectivity index (χ0n) is 16.0. The lowest BCUT2D eigenvalue weighted by atomic mass is 10.1. The Balaban J connectivity index is 1.67. The van der Waals surface area contributed by atoms with Crippen LogP contribution in [-0.2, 0) is 13.5 Å². The van der Waals surface area contributed by atoms with Crippen LogP contribution in [0, 0.1) is 5.92 Å². The lowest BCUT2D eigenvalue weighted by molar-refractivity contribution is 0.659. The number of hydrogen-bond acceptors (Lipinski definition) is 5. The fraction of sp³-hybridized carbons (Fsp3) is 0.450. The van der Waals surface area contributed by atoms with E-state index >= 15 is 0 Å². The maximum atomic E-state index is 4.76. The normalized spacial score (nSPS) is 17.2. The fourth-order valence-corrected chi connectivity index (χ4v) is 3.71. The van der Waals surface area contributed by atoms with Crippen LogP contribution in [0.5, 0.6) is 0 Å². The molecule has 0 spiro atoms. The SMILES string of the molecule is CCc1cc(N2CC[C@H](C)C2)ncc1N(C)c1cc2c(cn1)ncn2C. The van der Waals surface area contributed by atoms with Gasteiger partial charge in [0.05, 0.1) is 29.9 Å². The molecule has 1 fully saturated rings. The second-order valence-electron chi connectivity index (χ2n) is 7.31. The monoisotopic (exact) mass is 350 g/mol. The molecule has 0 N–H and O–H groups in total. The van der Waals surface area contributed by atoms with Gasteiger partial charge in [0.2, 0.25) is 0 Å². The number of aryl methyl sites for hydroxylation is 2. The number of nitrogens with zero attached hydrogens (tertiary/aromatic N) is 6. The molecule has 0 saturated carbocycles. The van der Waals surface area contributed by atoms with Crippen molar-refractivity contribution in [2.45, 2.75) is 26.7 Å². The van der Waals surface area contributed by atoms with Gasteiger partial charge in [-0.25, -0.2) is 15.0 Å². The average molecular weight is 350 g/mol. The van der Waals surface area contributed by atoms with Gasteiger partial charge in [0.1, 0.15) is 17.2 Å². The third kappa shape index (κ3) is 2.89. The van der Waals surface area contributed by atoms with Gasteiger partial charge in [0.25, 0.3) is 0 Å². The van der Waals surface area contributed by atoms with Crippen molar-refractivity contribution in [3.8, 4) is 0 Å². The highest BCUT2D eigenvalue weighted by atomic mass is 15.2. The van der Waals surface area contributed by atoms with Gasteiger partial charge >= 0.3 is 0 Å². The van der Waals surface area contributed by atoms with Crippen molar-refractivity contribution in [1.82, 2.24) is 19.5 Å². The van der Waals surface area contributed by atoms with Crippen molar-refractivity contribution in [2.24, 2.45) is 13.0 Å². The zero-order valence-corrected chi connectivity index (χ0v) is 16.0. The molecule has 0 bridgehead atoms. The van der Waals surface area contributed by atoms with E-state index in [0.717, 1.165) is 53.8 Å². The van der Waals surface area contributed by atoms with Crippen molar-refractivity contribution in [3.63, 3.8) is 0 Å². The van der Waals surface area contributed by atoms with Crippen molar-refractivity contribution in [2.75, 3.05) is 29.9 Å². The number of pyridine rings is 2. The summed E-state index contributed by atoms with van der Waals surface area (Å²) in [7, 11) is 4.06. The van der Waals surface area contributed by atoms with Crippen molar-refractivity contribution < 1.29 is 0 Å². The highest BCUT2D eigenvalue weighted by molar-refractivity contribution is 5.79. The van der Waals surface area contributed by atoms with E-state index in [1.807, 2.05) is 30.3 Å². The van der Waals surface area contributed by atoms with Crippen LogP contribution in [0.2, 0.25) is 0 Å². The van der Waals surface area contributed by atoms with Gasteiger partial charge < -0.3 is 14.4 Å². The molecule has 3 aromatic rings. The first-order valence-electron chi connectivity index (χ1n) is 9.31. The Labute approximate surface area is 154 Å². The van der Waals surface area contributed by atoms with Crippen LogP contribution in [0.15, 0.2) is 30.9 Å². The molecule has 3 aromatic heterocycles. The van der Waals surface area contributed by atoms with Crippen molar-refractivity contribution in [1.29, 1.82) is 0 Å². The zero-order chi connectivity index (χ0) is 18.3. The van der Waals surface area contributed by atoms with Crippen LogP contribution < -0.4 is 9.80 Å². The molecular weight excluding hydrogens is 324 g/mol. The summed E-state index contributed by atoms with van der Waals surface area (Å²) in [4.78, 5) is 18.2. The van der Waals surface area contributed by atoms with E-state index in [9.17, 15) is 0 Å². The summed E-state index contributed by atoms with van der Waals surface area (Å²) >= 11 is 0. The largest absolute Gasteiger partial charge is 0.356 e. The smallest absolute Gasteiger partial charge is 0.134 e. The van der Waals surface area contributed by atoms with Gasteiger partial charge in [-0.05, 0) is 30.4 Å². The van der Waals surface area contributed by atoms with E-state index in [-0.39, 0.29) is 0 Å². The van der Waals surface area contributed by atoms with Gasteiger partial charge in [0.15, 0.2) is 0 Å². The van der Waals surface area contributed by atoms with Crippen LogP contribution in [0.3, 0.4) is 0 Å². The number of hydrogen-bond donors (Lipinski definition) is 0. The maximum Gasteiger partial charge on any atom is 0.134 e. The molecule has 6 nitrogen and oxygen atoms in total. The number of anilines is 3. The standard InChI is InChI=1S/C20H26N6/c1-5-15-8-20(26-7-6-14(2)12-26)22-11-18(15)25(4)19-9-17-16(10-21-19)23-13-24(17)3/h8-11,13-14H,5-7,12H2,1-4H3/t14-/m0/s1. The van der Waals surface area contributed by atoms with E-state index in [1.54, 1.807) is 0 Å². The predicted octanol–water partition coefficient (Wildman–Crippen LogP) is 3.54. The van der Waals surface area contributed by atoms with Gasteiger partial charge in [-0.3, -0.25) is 0 Å². The number of rotatable bonds is 4. The van der Waals surface area contributed by atoms with E-state index < -0.39 is 0 Å². The third-order valence-electron chi connectivity index (χ3n) is 5.38. The third-order valence-corrected chi connectivity index (χ3v) is 5.38. The Morgan fingerprint density at radius 2 is 2.04 bits per heavy atom.